The SMILES string of the molecule is CCOC(=O)c1c(=S)[nH]n2cc(C)cc(C)c12. The lowest BCUT2D eigenvalue weighted by molar-refractivity contribution is 0.0528. The van der Waals surface area contributed by atoms with Crippen molar-refractivity contribution in [1.82, 2.24) is 9.61 Å². The summed E-state index contributed by atoms with van der Waals surface area (Å²) in [6.07, 6.45) is 1.90. The van der Waals surface area contributed by atoms with Gasteiger partial charge < -0.3 is 4.74 Å². The van der Waals surface area contributed by atoms with Crippen molar-refractivity contribution in [3.63, 3.8) is 0 Å². The molecule has 0 bridgehead atoms. The molecule has 0 aliphatic carbocycles. The Morgan fingerprint density at radius 1 is 1.53 bits per heavy atom. The Morgan fingerprint density at radius 3 is 2.88 bits per heavy atom. The lowest BCUT2D eigenvalue weighted by atomic mass is 10.1. The summed E-state index contributed by atoms with van der Waals surface area (Å²) in [7, 11) is 0. The van der Waals surface area contributed by atoms with Gasteiger partial charge in [-0.3, -0.25) is 9.61 Å². The summed E-state index contributed by atoms with van der Waals surface area (Å²) in [6, 6.07) is 2.01. The van der Waals surface area contributed by atoms with Gasteiger partial charge in [-0.25, -0.2) is 4.79 Å². The van der Waals surface area contributed by atoms with Gasteiger partial charge in [-0.05, 0) is 31.9 Å². The monoisotopic (exact) mass is 250 g/mol. The third-order valence-corrected chi connectivity index (χ3v) is 2.85. The Balaban J connectivity index is 2.75. The molecule has 90 valence electrons. The molecule has 0 radical (unpaired) electrons. The fourth-order valence-corrected chi connectivity index (χ4v) is 2.25. The molecular formula is C12H14N2O2S. The van der Waals surface area contributed by atoms with Gasteiger partial charge >= 0.3 is 5.97 Å². The summed E-state index contributed by atoms with van der Waals surface area (Å²) >= 11 is 5.17. The number of hydrogen-bond acceptors (Lipinski definition) is 3. The number of aryl methyl sites for hydroxylation is 2. The first-order chi connectivity index (χ1) is 8.04. The van der Waals surface area contributed by atoms with Crippen molar-refractivity contribution in [2.45, 2.75) is 20.8 Å². The Hall–Kier alpha value is -1.62. The van der Waals surface area contributed by atoms with Crippen molar-refractivity contribution < 1.29 is 9.53 Å². The molecule has 0 aliphatic heterocycles. The van der Waals surface area contributed by atoms with Crippen molar-refractivity contribution in [1.29, 1.82) is 0 Å². The second-order valence-corrected chi connectivity index (χ2v) is 4.36. The number of carbonyl (C=O) groups is 1. The molecule has 0 amide bonds. The van der Waals surface area contributed by atoms with Crippen LogP contribution >= 0.6 is 12.2 Å². The predicted molar refractivity (Wildman–Crippen MR) is 68.0 cm³/mol. The zero-order chi connectivity index (χ0) is 12.6. The molecule has 2 rings (SSSR count). The molecule has 5 heteroatoms. The van der Waals surface area contributed by atoms with E-state index < -0.39 is 0 Å². The number of nitrogens with one attached hydrogen (secondary N) is 1. The molecule has 0 fully saturated rings. The van der Waals surface area contributed by atoms with Crippen LogP contribution in [-0.2, 0) is 4.74 Å². The van der Waals surface area contributed by atoms with Crippen LogP contribution in [0, 0.1) is 18.5 Å². The Morgan fingerprint density at radius 2 is 2.24 bits per heavy atom. The van der Waals surface area contributed by atoms with E-state index in [1.165, 1.54) is 0 Å². The summed E-state index contributed by atoms with van der Waals surface area (Å²) in [5, 5.41) is 2.98. The highest BCUT2D eigenvalue weighted by Crippen LogP contribution is 2.19. The van der Waals surface area contributed by atoms with E-state index >= 15 is 0 Å². The molecule has 1 N–H and O–H groups in total. The summed E-state index contributed by atoms with van der Waals surface area (Å²) in [5.41, 5.74) is 3.34. The average Bonchev–Trinajstić information content (AvgIpc) is 2.54. The van der Waals surface area contributed by atoms with E-state index in [1.807, 2.05) is 26.1 Å². The summed E-state index contributed by atoms with van der Waals surface area (Å²) in [5.74, 6) is -0.372. The minimum Gasteiger partial charge on any atom is -0.462 e. The second-order valence-electron chi connectivity index (χ2n) is 3.96. The minimum atomic E-state index is -0.372. The molecule has 2 aromatic rings. The van der Waals surface area contributed by atoms with E-state index in [9.17, 15) is 4.79 Å². The molecule has 4 nitrogen and oxygen atoms in total. The van der Waals surface area contributed by atoms with Crippen LogP contribution in [0.1, 0.15) is 28.4 Å². The van der Waals surface area contributed by atoms with Gasteiger partial charge in [0.1, 0.15) is 10.2 Å². The Labute approximate surface area is 104 Å². The number of fused-ring (bicyclic) bond motifs is 1. The average molecular weight is 250 g/mol. The highest BCUT2D eigenvalue weighted by molar-refractivity contribution is 7.71. The third-order valence-electron chi connectivity index (χ3n) is 2.56. The van der Waals surface area contributed by atoms with E-state index in [2.05, 4.69) is 5.10 Å². The number of pyridine rings is 1. The van der Waals surface area contributed by atoms with Crippen LogP contribution < -0.4 is 0 Å². The van der Waals surface area contributed by atoms with Crippen molar-refractivity contribution in [3.05, 3.63) is 33.6 Å². The van der Waals surface area contributed by atoms with Crippen LogP contribution in [0.4, 0.5) is 0 Å². The Bertz CT molecular complexity index is 640. The van der Waals surface area contributed by atoms with Gasteiger partial charge in [0, 0.05) is 6.20 Å². The van der Waals surface area contributed by atoms with Crippen LogP contribution in [0.25, 0.3) is 5.52 Å². The van der Waals surface area contributed by atoms with Crippen LogP contribution in [0.2, 0.25) is 0 Å². The number of carbonyl (C=O) groups excluding carboxylic acids is 1. The van der Waals surface area contributed by atoms with Gasteiger partial charge in [0.15, 0.2) is 0 Å². The van der Waals surface area contributed by atoms with E-state index in [-0.39, 0.29) is 5.97 Å². The van der Waals surface area contributed by atoms with Crippen molar-refractivity contribution in [3.8, 4) is 0 Å². The van der Waals surface area contributed by atoms with E-state index in [0.717, 1.165) is 16.6 Å². The first-order valence-electron chi connectivity index (χ1n) is 5.43. The first-order valence-corrected chi connectivity index (χ1v) is 5.84. The zero-order valence-electron chi connectivity index (χ0n) is 10.0. The summed E-state index contributed by atoms with van der Waals surface area (Å²) in [4.78, 5) is 11.9. The lowest BCUT2D eigenvalue weighted by Crippen LogP contribution is -2.05. The number of hydrogen-bond donors (Lipinski definition) is 1. The number of aromatic nitrogens is 2. The van der Waals surface area contributed by atoms with Crippen molar-refractivity contribution >= 4 is 23.7 Å². The van der Waals surface area contributed by atoms with E-state index in [0.29, 0.717) is 16.8 Å². The summed E-state index contributed by atoms with van der Waals surface area (Å²) in [6.45, 7) is 6.07. The van der Waals surface area contributed by atoms with Gasteiger partial charge in [-0.2, -0.15) is 0 Å². The third kappa shape index (κ3) is 1.98. The van der Waals surface area contributed by atoms with Gasteiger partial charge in [0.25, 0.3) is 0 Å². The first kappa shape index (κ1) is 11.9. The van der Waals surface area contributed by atoms with Gasteiger partial charge in [-0.15, -0.1) is 0 Å². The van der Waals surface area contributed by atoms with Crippen LogP contribution in [-0.4, -0.2) is 22.2 Å². The number of ether oxygens (including phenoxy) is 1. The second kappa shape index (κ2) is 4.33. The molecule has 2 heterocycles. The quantitative estimate of drug-likeness (QED) is 0.658. The summed E-state index contributed by atoms with van der Waals surface area (Å²) < 4.78 is 7.21. The molecule has 0 aromatic carbocycles. The number of aromatic amines is 1. The number of H-pyrrole nitrogens is 1. The molecule has 17 heavy (non-hydrogen) atoms. The number of rotatable bonds is 2. The van der Waals surface area contributed by atoms with Crippen LogP contribution in [0.15, 0.2) is 12.3 Å². The van der Waals surface area contributed by atoms with Gasteiger partial charge in [0.05, 0.1) is 12.1 Å². The highest BCUT2D eigenvalue weighted by atomic mass is 32.1. The molecule has 0 aliphatic rings. The topological polar surface area (TPSA) is 46.5 Å². The van der Waals surface area contributed by atoms with Crippen molar-refractivity contribution in [2.75, 3.05) is 6.61 Å². The zero-order valence-corrected chi connectivity index (χ0v) is 10.9. The fraction of sp³-hybridized carbons (Fsp3) is 0.333. The molecule has 0 unspecified atom stereocenters. The van der Waals surface area contributed by atoms with Crippen molar-refractivity contribution in [2.24, 2.45) is 0 Å². The largest absolute Gasteiger partial charge is 0.462 e. The molecule has 2 aromatic heterocycles. The van der Waals surface area contributed by atoms with Crippen LogP contribution in [0.3, 0.4) is 0 Å². The predicted octanol–water partition coefficient (Wildman–Crippen LogP) is 2.79. The minimum absolute atomic E-state index is 0.343. The normalized spacial score (nSPS) is 10.8. The van der Waals surface area contributed by atoms with Gasteiger partial charge in [-0.1, -0.05) is 18.3 Å². The van der Waals surface area contributed by atoms with E-state index in [1.54, 1.807) is 11.4 Å². The Kier molecular flexibility index (Phi) is 3.02. The molecule has 0 spiro atoms. The fourth-order valence-electron chi connectivity index (χ4n) is 1.98. The van der Waals surface area contributed by atoms with E-state index in [4.69, 9.17) is 17.0 Å². The smallest absolute Gasteiger partial charge is 0.343 e. The lowest BCUT2D eigenvalue weighted by Gasteiger charge is -2.04. The maximum absolute atomic E-state index is 11.9. The number of nitrogens with zero attached hydrogens (tertiary/aromatic N) is 1. The van der Waals surface area contributed by atoms with Gasteiger partial charge in [0.2, 0.25) is 0 Å². The maximum atomic E-state index is 11.9. The highest BCUT2D eigenvalue weighted by Gasteiger charge is 2.17. The maximum Gasteiger partial charge on any atom is 0.343 e. The van der Waals surface area contributed by atoms with Crippen LogP contribution in [0.5, 0.6) is 0 Å². The molecular weight excluding hydrogens is 236 g/mol. The molecule has 0 saturated heterocycles. The molecule has 0 atom stereocenters. The standard InChI is InChI=1S/C12H14N2O2S/c1-4-16-12(15)9-10-8(3)5-7(2)6-14(10)13-11(9)17/h5-6H,4H2,1-3H3,(H,13,17). The molecule has 0 saturated carbocycles. The number of esters is 1.